The van der Waals surface area contributed by atoms with Gasteiger partial charge in [0.15, 0.2) is 16.0 Å². The molecule has 2 saturated carbocycles. The molecular weight excluding hydrogens is 1000 g/mol. The molecule has 64 heavy (non-hydrogen) atoms. The lowest BCUT2D eigenvalue weighted by Crippen LogP contribution is -2.55. The average molecular weight is 1050 g/mol. The van der Waals surface area contributed by atoms with E-state index in [2.05, 4.69) is 18.0 Å². The summed E-state index contributed by atoms with van der Waals surface area (Å²) in [5.41, 5.74) is 1.88. The van der Waals surface area contributed by atoms with Gasteiger partial charge in [-0.15, -0.1) is 12.4 Å². The average Bonchev–Trinajstić information content (AvgIpc) is 3.63. The fourth-order valence-corrected chi connectivity index (χ4v) is 8.95. The number of nitrogens with zero attached hydrogens (tertiary/aromatic N) is 6. The van der Waals surface area contributed by atoms with Gasteiger partial charge in [0.05, 0.1) is 45.8 Å². The molecule has 4 aliphatic rings. The number of anilines is 4. The highest BCUT2D eigenvalue weighted by atomic mass is 127. The number of alkyl halides is 1. The number of halogens is 4. The Balaban J connectivity index is 0.000000256. The number of aromatic carboxylic acids is 1. The van der Waals surface area contributed by atoms with Crippen molar-refractivity contribution in [2.45, 2.75) is 63.5 Å². The Morgan fingerprint density at radius 2 is 1.11 bits per heavy atom. The summed E-state index contributed by atoms with van der Waals surface area (Å²) in [6.45, 7) is 2.78. The minimum absolute atomic E-state index is 0. The summed E-state index contributed by atoms with van der Waals surface area (Å²) in [6.07, 6.45) is 3.98. The predicted octanol–water partition coefficient (Wildman–Crippen LogP) is 7.81. The number of thiocarbonyl (C=S) groups is 2. The Hall–Kier alpha value is -5.52. The first-order valence-corrected chi connectivity index (χ1v) is 21.4. The quantitative estimate of drug-likeness (QED) is 0.0457. The highest BCUT2D eigenvalue weighted by Gasteiger charge is 2.61. The van der Waals surface area contributed by atoms with E-state index >= 15 is 0 Å². The number of amides is 2. The second kappa shape index (κ2) is 21.0. The van der Waals surface area contributed by atoms with Crippen LogP contribution in [0.4, 0.5) is 31.5 Å². The molecule has 0 bridgehead atoms. The van der Waals surface area contributed by atoms with E-state index in [0.29, 0.717) is 64.5 Å². The van der Waals surface area contributed by atoms with Crippen LogP contribution in [0.2, 0.25) is 0 Å². The summed E-state index contributed by atoms with van der Waals surface area (Å²) in [5, 5.41) is 43.3. The van der Waals surface area contributed by atoms with Crippen LogP contribution < -0.4 is 25.5 Å². The molecule has 2 amide bonds. The highest BCUT2D eigenvalue weighted by molar-refractivity contribution is 14.1. The van der Waals surface area contributed by atoms with Crippen molar-refractivity contribution in [3.63, 3.8) is 0 Å². The Bertz CT molecular complexity index is 2660. The third-order valence-corrected chi connectivity index (χ3v) is 12.2. The molecule has 2 aliphatic heterocycles. The number of ketones is 1. The van der Waals surface area contributed by atoms with Crippen molar-refractivity contribution < 1.29 is 44.8 Å². The zero-order chi connectivity index (χ0) is 47.3. The number of Topliss-reactive ketones (excluding diaryl/α,β-unsaturated/α-hetero) is 1. The standard InChI is InChI=1S/C22H18FN3O3S.C21H16FN3O3S.CH3I.ClH.H3NO/c1-13-9-15(4-3-14(13)11-24)25-20(29)22(7-2-8-22)26(21(25)30)16-5-6-17(18(23)10-16)19(28)12-27;1-12-9-14(4-3-13(12)11-23)24-19(28)21(7-2-8-21)25(20(24)29)15-5-6-16(18(26)27)17(22)10-15;1-2;;1-2/h3-6,9-10,27H,2,7-8,12H2,1H3;3-6,9-10H,2,7-8H2,1H3,(H,26,27);1H3;1H;2H,1H2/i;;1D;;. The molecule has 5 N–H and O–H groups in total. The second-order valence-corrected chi connectivity index (χ2v) is 15.5. The maximum absolute atomic E-state index is 14.6. The fraction of sp³-hybridized carbons (Fsp3) is 0.273. The number of aryl methyl sites for hydroxylation is 2. The number of aliphatic hydroxyl groups is 1. The molecule has 8 rings (SSSR count). The first kappa shape index (κ1) is 49.5. The Morgan fingerprint density at radius 3 is 1.39 bits per heavy atom. The van der Waals surface area contributed by atoms with Crippen LogP contribution >= 0.6 is 59.4 Å². The molecule has 2 spiro atoms. The fourth-order valence-electron chi connectivity index (χ4n) is 8.01. The van der Waals surface area contributed by atoms with Crippen LogP contribution in [-0.2, 0) is 9.59 Å². The molecular formula is C44H41ClF2IN7O7S2. The van der Waals surface area contributed by atoms with Gasteiger partial charge in [-0.1, -0.05) is 22.6 Å². The number of nitrogens with two attached hydrogens (primary N) is 1. The van der Waals surface area contributed by atoms with E-state index in [-0.39, 0.29) is 40.0 Å². The zero-order valence-corrected chi connectivity index (χ0v) is 38.8. The van der Waals surface area contributed by atoms with E-state index < -0.39 is 46.6 Å². The van der Waals surface area contributed by atoms with E-state index in [1.165, 1.54) is 34.1 Å². The second-order valence-electron chi connectivity index (χ2n) is 14.7. The lowest BCUT2D eigenvalue weighted by molar-refractivity contribution is -0.124. The van der Waals surface area contributed by atoms with Crippen LogP contribution in [0.1, 0.15) is 82.9 Å². The summed E-state index contributed by atoms with van der Waals surface area (Å²) < 4.78 is 35.1. The van der Waals surface area contributed by atoms with Gasteiger partial charge in [0.25, 0.3) is 11.8 Å². The van der Waals surface area contributed by atoms with Crippen LogP contribution in [0.25, 0.3) is 0 Å². The summed E-state index contributed by atoms with van der Waals surface area (Å²) in [7, 11) is 0. The molecule has 0 radical (unpaired) electrons. The number of carbonyl (C=O) groups excluding carboxylic acids is 3. The lowest BCUT2D eigenvalue weighted by Gasteiger charge is -2.43. The number of hydrogen-bond donors (Lipinski definition) is 4. The van der Waals surface area contributed by atoms with Crippen LogP contribution in [0.15, 0.2) is 72.8 Å². The van der Waals surface area contributed by atoms with Crippen molar-refractivity contribution >= 4 is 116 Å². The van der Waals surface area contributed by atoms with Gasteiger partial charge >= 0.3 is 5.97 Å². The van der Waals surface area contributed by atoms with Crippen LogP contribution in [0.5, 0.6) is 0 Å². The molecule has 0 unspecified atom stereocenters. The monoisotopic (exact) mass is 1040 g/mol. The van der Waals surface area contributed by atoms with Gasteiger partial charge in [-0.2, -0.15) is 10.5 Å². The molecule has 4 aromatic carbocycles. The molecule has 0 atom stereocenters. The van der Waals surface area contributed by atoms with E-state index in [9.17, 15) is 28.0 Å². The zero-order valence-electron chi connectivity index (χ0n) is 35.2. The van der Waals surface area contributed by atoms with Crippen molar-refractivity contribution in [3.8, 4) is 12.1 Å². The number of aliphatic hydroxyl groups excluding tert-OH is 1. The van der Waals surface area contributed by atoms with Crippen LogP contribution in [0.3, 0.4) is 0 Å². The number of hydrogen-bond acceptors (Lipinski definition) is 11. The number of carboxylic acid groups (broad SMARTS) is 1. The van der Waals surface area contributed by atoms with Crippen molar-refractivity contribution in [2.24, 2.45) is 5.90 Å². The first-order valence-electron chi connectivity index (χ1n) is 19.7. The number of rotatable bonds is 7. The van der Waals surface area contributed by atoms with Gasteiger partial charge < -0.3 is 25.2 Å². The molecule has 2 heterocycles. The van der Waals surface area contributed by atoms with Crippen molar-refractivity contribution in [1.29, 1.82) is 10.5 Å². The first-order chi connectivity index (χ1) is 30.5. The largest absolute Gasteiger partial charge is 0.478 e. The third-order valence-electron chi connectivity index (χ3n) is 11.5. The number of carbonyl (C=O) groups is 4. The predicted molar refractivity (Wildman–Crippen MR) is 254 cm³/mol. The van der Waals surface area contributed by atoms with E-state index in [1.54, 1.807) is 66.1 Å². The summed E-state index contributed by atoms with van der Waals surface area (Å²) in [6, 6.07) is 22.1. The highest BCUT2D eigenvalue weighted by Crippen LogP contribution is 2.49. The lowest BCUT2D eigenvalue weighted by atomic mass is 9.75. The Kier molecular flexibility index (Phi) is 16.2. The molecule has 2 aliphatic carbocycles. The van der Waals surface area contributed by atoms with Gasteiger partial charge in [-0.25, -0.2) is 19.5 Å². The van der Waals surface area contributed by atoms with Gasteiger partial charge in [0, 0.05) is 12.7 Å². The molecule has 2 saturated heterocycles. The topological polar surface area (TPSA) is 216 Å². The molecule has 334 valence electrons. The minimum Gasteiger partial charge on any atom is -0.478 e. The molecule has 0 aromatic heterocycles. The maximum atomic E-state index is 14.6. The van der Waals surface area contributed by atoms with Gasteiger partial charge in [0.2, 0.25) is 0 Å². The molecule has 4 aromatic rings. The summed E-state index contributed by atoms with van der Waals surface area (Å²) >= 11 is 13.2. The number of nitriles is 2. The molecule has 20 heteroatoms. The summed E-state index contributed by atoms with van der Waals surface area (Å²) in [5.74, 6) is -0.606. The van der Waals surface area contributed by atoms with Crippen molar-refractivity contribution in [2.75, 3.05) is 31.1 Å². The Morgan fingerprint density at radius 1 is 0.750 bits per heavy atom. The minimum atomic E-state index is -1.36. The molecule has 4 fully saturated rings. The normalized spacial score (nSPS) is 16.4. The van der Waals surface area contributed by atoms with Gasteiger partial charge in [0.1, 0.15) is 29.3 Å². The molecule has 14 nitrogen and oxygen atoms in total. The van der Waals surface area contributed by atoms with Crippen molar-refractivity contribution in [1.82, 2.24) is 0 Å². The summed E-state index contributed by atoms with van der Waals surface area (Å²) in [4.78, 5) is 56.2. The third kappa shape index (κ3) is 8.81. The van der Waals surface area contributed by atoms with Gasteiger partial charge in [-0.3, -0.25) is 24.2 Å². The van der Waals surface area contributed by atoms with Crippen molar-refractivity contribution in [3.05, 3.63) is 118 Å². The van der Waals surface area contributed by atoms with E-state index in [1.807, 2.05) is 22.6 Å². The maximum Gasteiger partial charge on any atom is 0.338 e. The Labute approximate surface area is 399 Å². The van der Waals surface area contributed by atoms with Crippen LogP contribution in [0, 0.1) is 48.1 Å². The van der Waals surface area contributed by atoms with E-state index in [4.69, 9.17) is 51.8 Å². The van der Waals surface area contributed by atoms with Crippen LogP contribution in [-0.4, -0.2) is 71.8 Å². The smallest absolute Gasteiger partial charge is 0.338 e. The number of carboxylic acids is 1. The SMILES string of the molecule is Cc1cc(N2C(=O)C3(CCC3)N(c3ccc(C(=O)CO)c(F)c3)C2=S)ccc1C#N.Cc1cc(N2C(=O)C3(CCC3)N(c3ccc(C(=O)O)c(F)c3)C2=S)ccc1C#N.Cl.NO.[2H]CI. The van der Waals surface area contributed by atoms with Gasteiger partial charge in [-0.05, 0) is 166 Å². The van der Waals surface area contributed by atoms with E-state index in [0.717, 1.165) is 30.0 Å². The number of benzene rings is 4.